The fourth-order valence-corrected chi connectivity index (χ4v) is 2.44. The number of hydrogen-bond acceptors (Lipinski definition) is 6. The number of halogens is 3. The number of nitrogens with one attached hydrogen (secondary N) is 1. The van der Waals surface area contributed by atoms with Crippen molar-refractivity contribution in [2.45, 2.75) is 19.5 Å². The number of rotatable bonds is 8. The molecule has 0 aliphatic rings. The first-order valence-corrected chi connectivity index (χ1v) is 8.44. The lowest BCUT2D eigenvalue weighted by Gasteiger charge is -2.07. The highest BCUT2D eigenvalue weighted by Gasteiger charge is 2.27. The van der Waals surface area contributed by atoms with Crippen LogP contribution in [0.15, 0.2) is 49.1 Å². The molecular weight excluding hydrogens is 409 g/mol. The summed E-state index contributed by atoms with van der Waals surface area (Å²) in [6.45, 7) is -1.51. The van der Waals surface area contributed by atoms with E-state index < -0.39 is 30.3 Å². The average Bonchev–Trinajstić information content (AvgIpc) is 3.31. The zero-order valence-electron chi connectivity index (χ0n) is 15.2. The Bertz CT molecular complexity index is 1030. The molecular formula is C17H15F3N6O4. The lowest BCUT2D eigenvalue weighted by molar-refractivity contribution is -0.385. The summed E-state index contributed by atoms with van der Waals surface area (Å²) >= 11 is 0. The van der Waals surface area contributed by atoms with Crippen LogP contribution in [0.4, 0.5) is 24.5 Å². The summed E-state index contributed by atoms with van der Waals surface area (Å²) in [5.74, 6) is -0.438. The number of nitro groups is 1. The van der Waals surface area contributed by atoms with Gasteiger partial charge in [0.1, 0.15) is 25.7 Å². The summed E-state index contributed by atoms with van der Waals surface area (Å²) in [6.07, 6.45) is 0.649. The Kier molecular flexibility index (Phi) is 6.11. The van der Waals surface area contributed by atoms with Gasteiger partial charge in [0.25, 0.3) is 5.91 Å². The van der Waals surface area contributed by atoms with Crippen molar-refractivity contribution in [3.63, 3.8) is 0 Å². The molecule has 0 unspecified atom stereocenters. The van der Waals surface area contributed by atoms with Crippen LogP contribution < -0.4 is 5.32 Å². The first-order chi connectivity index (χ1) is 14.2. The first kappa shape index (κ1) is 21.0. The third kappa shape index (κ3) is 5.88. The second kappa shape index (κ2) is 8.73. The summed E-state index contributed by atoms with van der Waals surface area (Å²) in [5.41, 5.74) is 1.30. The van der Waals surface area contributed by atoms with Crippen molar-refractivity contribution in [1.82, 2.24) is 19.6 Å². The molecule has 0 aliphatic carbocycles. The first-order valence-electron chi connectivity index (χ1n) is 8.44. The van der Waals surface area contributed by atoms with Crippen LogP contribution in [0.1, 0.15) is 15.9 Å². The molecule has 0 saturated carbocycles. The Hall–Kier alpha value is -3.74. The van der Waals surface area contributed by atoms with Crippen LogP contribution in [0, 0.1) is 10.1 Å². The van der Waals surface area contributed by atoms with E-state index in [2.05, 4.69) is 20.3 Å². The monoisotopic (exact) mass is 424 g/mol. The van der Waals surface area contributed by atoms with E-state index in [4.69, 9.17) is 0 Å². The van der Waals surface area contributed by atoms with Crippen LogP contribution in [0.3, 0.4) is 0 Å². The number of hydrogen-bond donors (Lipinski definition) is 1. The highest BCUT2D eigenvalue weighted by Crippen LogP contribution is 2.15. The molecule has 10 nitrogen and oxygen atoms in total. The molecule has 0 spiro atoms. The Morgan fingerprint density at radius 3 is 2.47 bits per heavy atom. The molecule has 1 amide bonds. The number of aromatic nitrogens is 4. The maximum absolute atomic E-state index is 12.3. The van der Waals surface area contributed by atoms with E-state index in [1.165, 1.54) is 23.3 Å². The Morgan fingerprint density at radius 2 is 1.83 bits per heavy atom. The number of carbonyl (C=O) groups excluding carboxylic acids is 1. The smallest absolute Gasteiger partial charge is 0.350 e. The number of amides is 1. The molecule has 0 radical (unpaired) electrons. The molecule has 0 atom stereocenters. The van der Waals surface area contributed by atoms with Gasteiger partial charge in [-0.2, -0.15) is 23.4 Å². The topological polar surface area (TPSA) is 117 Å². The van der Waals surface area contributed by atoms with E-state index in [0.717, 1.165) is 16.4 Å². The predicted octanol–water partition coefficient (Wildman–Crippen LogP) is 2.82. The zero-order chi connectivity index (χ0) is 21.7. The largest absolute Gasteiger partial charge is 0.411 e. The minimum Gasteiger partial charge on any atom is -0.350 e. The lowest BCUT2D eigenvalue weighted by Crippen LogP contribution is -2.18. The van der Waals surface area contributed by atoms with Crippen LogP contribution in [-0.4, -0.2) is 43.2 Å². The SMILES string of the molecule is O=C(Nc1cnn(COCC(F)(F)F)c1)c1ccc(Cn2cc([N+](=O)[O-])cn2)cc1. The van der Waals surface area contributed by atoms with E-state index >= 15 is 0 Å². The fraction of sp³-hybridized carbons (Fsp3) is 0.235. The van der Waals surface area contributed by atoms with E-state index in [9.17, 15) is 28.1 Å². The maximum Gasteiger partial charge on any atom is 0.411 e. The van der Waals surface area contributed by atoms with Gasteiger partial charge in [0.15, 0.2) is 0 Å². The van der Waals surface area contributed by atoms with Gasteiger partial charge in [0.05, 0.1) is 29.5 Å². The number of anilines is 1. The molecule has 0 fully saturated rings. The molecule has 2 aromatic heterocycles. The van der Waals surface area contributed by atoms with Gasteiger partial charge in [-0.15, -0.1) is 0 Å². The fourth-order valence-electron chi connectivity index (χ4n) is 2.44. The summed E-state index contributed by atoms with van der Waals surface area (Å²) in [6, 6.07) is 6.49. The molecule has 13 heteroatoms. The minimum absolute atomic E-state index is 0.115. The van der Waals surface area contributed by atoms with Gasteiger partial charge in [-0.25, -0.2) is 4.68 Å². The Morgan fingerprint density at radius 1 is 1.13 bits per heavy atom. The second-order valence-electron chi connectivity index (χ2n) is 6.17. The molecule has 30 heavy (non-hydrogen) atoms. The number of nitrogens with zero attached hydrogens (tertiary/aromatic N) is 5. The summed E-state index contributed by atoms with van der Waals surface area (Å²) in [7, 11) is 0. The van der Waals surface area contributed by atoms with E-state index in [-0.39, 0.29) is 5.69 Å². The van der Waals surface area contributed by atoms with Gasteiger partial charge in [-0.05, 0) is 17.7 Å². The van der Waals surface area contributed by atoms with Crippen LogP contribution in [0.2, 0.25) is 0 Å². The number of benzene rings is 1. The molecule has 0 bridgehead atoms. The van der Waals surface area contributed by atoms with Crippen molar-refractivity contribution in [2.24, 2.45) is 0 Å². The molecule has 2 heterocycles. The lowest BCUT2D eigenvalue weighted by atomic mass is 10.1. The molecule has 3 aromatic rings. The number of ether oxygens (including phenoxy) is 1. The standard InChI is InChI=1S/C17H15F3N6O4/c18-17(19,20)10-30-11-25-8-14(5-21-25)23-16(27)13-3-1-12(2-4-13)7-24-9-15(6-22-24)26(28)29/h1-6,8-9H,7,10-11H2,(H,23,27). The normalized spacial score (nSPS) is 11.4. The minimum atomic E-state index is -4.43. The third-order valence-corrected chi connectivity index (χ3v) is 3.77. The highest BCUT2D eigenvalue weighted by molar-refractivity contribution is 6.04. The zero-order valence-corrected chi connectivity index (χ0v) is 15.2. The van der Waals surface area contributed by atoms with Crippen molar-refractivity contribution < 1.29 is 27.6 Å². The molecule has 3 rings (SSSR count). The van der Waals surface area contributed by atoms with Crippen molar-refractivity contribution in [2.75, 3.05) is 11.9 Å². The third-order valence-electron chi connectivity index (χ3n) is 3.77. The van der Waals surface area contributed by atoms with Crippen molar-refractivity contribution in [3.8, 4) is 0 Å². The van der Waals surface area contributed by atoms with Crippen LogP contribution >= 0.6 is 0 Å². The number of alkyl halides is 3. The maximum atomic E-state index is 12.3. The second-order valence-corrected chi connectivity index (χ2v) is 6.17. The summed E-state index contributed by atoms with van der Waals surface area (Å²) < 4.78 is 43.2. The van der Waals surface area contributed by atoms with Gasteiger partial charge in [0.2, 0.25) is 0 Å². The molecule has 0 aliphatic heterocycles. The van der Waals surface area contributed by atoms with Gasteiger partial charge in [-0.3, -0.25) is 19.6 Å². The van der Waals surface area contributed by atoms with Crippen LogP contribution in [0.25, 0.3) is 0 Å². The van der Waals surface area contributed by atoms with Crippen molar-refractivity contribution in [1.29, 1.82) is 0 Å². The van der Waals surface area contributed by atoms with E-state index in [1.807, 2.05) is 0 Å². The quantitative estimate of drug-likeness (QED) is 0.439. The van der Waals surface area contributed by atoms with E-state index in [0.29, 0.717) is 17.8 Å². The van der Waals surface area contributed by atoms with Gasteiger partial charge in [0, 0.05) is 5.56 Å². The van der Waals surface area contributed by atoms with Crippen molar-refractivity contribution in [3.05, 3.63) is 70.3 Å². The highest BCUT2D eigenvalue weighted by atomic mass is 19.4. The summed E-state index contributed by atoms with van der Waals surface area (Å²) in [4.78, 5) is 22.4. The van der Waals surface area contributed by atoms with Gasteiger partial charge in [-0.1, -0.05) is 12.1 Å². The van der Waals surface area contributed by atoms with Crippen molar-refractivity contribution >= 4 is 17.3 Å². The van der Waals surface area contributed by atoms with Crippen LogP contribution in [-0.2, 0) is 18.0 Å². The molecule has 0 saturated heterocycles. The van der Waals surface area contributed by atoms with Gasteiger partial charge >= 0.3 is 11.9 Å². The van der Waals surface area contributed by atoms with Crippen LogP contribution in [0.5, 0.6) is 0 Å². The molecule has 158 valence electrons. The Balaban J connectivity index is 1.54. The molecule has 1 N–H and O–H groups in total. The van der Waals surface area contributed by atoms with Gasteiger partial charge < -0.3 is 10.1 Å². The summed E-state index contributed by atoms with van der Waals surface area (Å²) in [5, 5.41) is 21.0. The predicted molar refractivity (Wildman–Crippen MR) is 96.6 cm³/mol. The average molecular weight is 424 g/mol. The molecule has 1 aromatic carbocycles. The Labute approximate surface area is 167 Å². The number of carbonyl (C=O) groups is 1. The van der Waals surface area contributed by atoms with E-state index in [1.54, 1.807) is 24.3 Å².